The van der Waals surface area contributed by atoms with Crippen molar-refractivity contribution in [3.8, 4) is 0 Å². The van der Waals surface area contributed by atoms with Gasteiger partial charge in [0.15, 0.2) is 0 Å². The minimum atomic E-state index is -0.0618. The van der Waals surface area contributed by atoms with E-state index in [1.807, 2.05) is 0 Å². The molecule has 132 valence electrons. The van der Waals surface area contributed by atoms with Gasteiger partial charge in [0, 0.05) is 37.8 Å². The van der Waals surface area contributed by atoms with Crippen LogP contribution in [0.15, 0.2) is 24.3 Å². The van der Waals surface area contributed by atoms with Crippen molar-refractivity contribution < 1.29 is 14.6 Å². The molecular weight excluding hydrogens is 304 g/mol. The minimum absolute atomic E-state index is 0.0146. The first-order valence-electron chi connectivity index (χ1n) is 8.95. The van der Waals surface area contributed by atoms with Crippen molar-refractivity contribution in [3.05, 3.63) is 35.4 Å². The van der Waals surface area contributed by atoms with E-state index in [1.165, 1.54) is 11.1 Å². The van der Waals surface area contributed by atoms with Gasteiger partial charge >= 0.3 is 6.03 Å². The van der Waals surface area contributed by atoms with E-state index in [4.69, 9.17) is 4.74 Å². The van der Waals surface area contributed by atoms with Gasteiger partial charge in [-0.15, -0.1) is 0 Å². The lowest BCUT2D eigenvalue weighted by Gasteiger charge is -2.39. The molecule has 0 unspecified atom stereocenters. The molecule has 1 aromatic rings. The lowest BCUT2D eigenvalue weighted by atomic mass is 9.72. The highest BCUT2D eigenvalue weighted by Gasteiger charge is 2.37. The zero-order valence-electron chi connectivity index (χ0n) is 14.5. The van der Waals surface area contributed by atoms with Crippen LogP contribution in [0, 0.1) is 6.92 Å². The highest BCUT2D eigenvalue weighted by molar-refractivity contribution is 5.75. The lowest BCUT2D eigenvalue weighted by molar-refractivity contribution is 0.0497. The number of carbonyl (C=O) groups is 1. The van der Waals surface area contributed by atoms with E-state index in [0.29, 0.717) is 19.1 Å². The van der Waals surface area contributed by atoms with E-state index in [0.717, 1.165) is 38.9 Å². The second-order valence-electron chi connectivity index (χ2n) is 7.01. The average molecular weight is 332 g/mol. The van der Waals surface area contributed by atoms with Crippen LogP contribution in [0.5, 0.6) is 0 Å². The lowest BCUT2D eigenvalue weighted by Crippen LogP contribution is -2.50. The Morgan fingerprint density at radius 2 is 2.04 bits per heavy atom. The first-order chi connectivity index (χ1) is 11.7. The number of aryl methyl sites for hydroxylation is 1. The number of aliphatic hydroxyl groups excluding tert-OH is 1. The molecule has 2 N–H and O–H groups in total. The Hall–Kier alpha value is -1.59. The summed E-state index contributed by atoms with van der Waals surface area (Å²) in [6, 6.07) is 8.70. The summed E-state index contributed by atoms with van der Waals surface area (Å²) >= 11 is 0. The van der Waals surface area contributed by atoms with Crippen molar-refractivity contribution in [1.29, 1.82) is 0 Å². The number of ether oxygens (including phenoxy) is 1. The fraction of sp³-hybridized carbons (Fsp3) is 0.632. The number of aliphatic hydroxyl groups is 1. The van der Waals surface area contributed by atoms with Crippen LogP contribution >= 0.6 is 0 Å². The van der Waals surface area contributed by atoms with Gasteiger partial charge in [-0.1, -0.05) is 24.3 Å². The quantitative estimate of drug-likeness (QED) is 0.839. The summed E-state index contributed by atoms with van der Waals surface area (Å²) in [5.74, 6) is 0. The highest BCUT2D eigenvalue weighted by Crippen LogP contribution is 2.36. The molecule has 0 atom stereocenters. The molecule has 1 aliphatic heterocycles. The largest absolute Gasteiger partial charge is 0.395 e. The third kappa shape index (κ3) is 3.73. The maximum atomic E-state index is 12.6. The molecule has 0 bridgehead atoms. The van der Waals surface area contributed by atoms with Crippen molar-refractivity contribution >= 4 is 6.03 Å². The van der Waals surface area contributed by atoms with Crippen LogP contribution in [0.4, 0.5) is 4.79 Å². The Kier molecular flexibility index (Phi) is 5.41. The van der Waals surface area contributed by atoms with E-state index < -0.39 is 0 Å². The summed E-state index contributed by atoms with van der Waals surface area (Å²) in [7, 11) is 0. The molecule has 5 heteroatoms. The van der Waals surface area contributed by atoms with Crippen molar-refractivity contribution in [2.75, 3.05) is 32.9 Å². The van der Waals surface area contributed by atoms with Crippen LogP contribution in [-0.4, -0.2) is 55.0 Å². The van der Waals surface area contributed by atoms with Gasteiger partial charge in [0.25, 0.3) is 0 Å². The van der Waals surface area contributed by atoms with Crippen molar-refractivity contribution in [1.82, 2.24) is 10.2 Å². The Bertz CT molecular complexity index is 565. The zero-order chi connectivity index (χ0) is 17.0. The molecule has 2 aliphatic rings. The topological polar surface area (TPSA) is 61.8 Å². The van der Waals surface area contributed by atoms with Gasteiger partial charge in [0.05, 0.1) is 6.61 Å². The number of urea groups is 1. The van der Waals surface area contributed by atoms with Crippen molar-refractivity contribution in [3.63, 3.8) is 0 Å². The second kappa shape index (κ2) is 7.53. The summed E-state index contributed by atoms with van der Waals surface area (Å²) in [4.78, 5) is 14.4. The third-order valence-electron chi connectivity index (χ3n) is 5.33. The molecule has 1 aliphatic carbocycles. The molecule has 1 aromatic carbocycles. The summed E-state index contributed by atoms with van der Waals surface area (Å²) in [6.45, 7) is 4.64. The van der Waals surface area contributed by atoms with Crippen LogP contribution in [0.25, 0.3) is 0 Å². The van der Waals surface area contributed by atoms with Crippen LogP contribution in [0.2, 0.25) is 0 Å². The van der Waals surface area contributed by atoms with E-state index in [-0.39, 0.29) is 18.1 Å². The SMILES string of the molecule is Cc1ccccc1C1(CNC(=O)N(CCO)C2CC2)CCOCC1. The van der Waals surface area contributed by atoms with E-state index in [2.05, 4.69) is 36.5 Å². The van der Waals surface area contributed by atoms with Crippen LogP contribution in [0.1, 0.15) is 36.8 Å². The van der Waals surface area contributed by atoms with Gasteiger partial charge in [-0.3, -0.25) is 0 Å². The number of nitrogens with zero attached hydrogens (tertiary/aromatic N) is 1. The average Bonchev–Trinajstić information content (AvgIpc) is 3.44. The normalized spacial score (nSPS) is 19.8. The molecular formula is C19H28N2O3. The van der Waals surface area contributed by atoms with Crippen LogP contribution < -0.4 is 5.32 Å². The van der Waals surface area contributed by atoms with Gasteiger partial charge in [0.1, 0.15) is 0 Å². The standard InChI is InChI=1S/C19H28N2O3/c1-15-4-2-3-5-17(15)19(8-12-24-13-9-19)14-20-18(23)21(10-11-22)16-6-7-16/h2-5,16,22H,6-14H2,1H3,(H,20,23). The molecule has 1 heterocycles. The number of benzene rings is 1. The monoisotopic (exact) mass is 332 g/mol. The summed E-state index contributed by atoms with van der Waals surface area (Å²) < 4.78 is 5.57. The molecule has 0 radical (unpaired) electrons. The number of carbonyl (C=O) groups excluding carboxylic acids is 1. The zero-order valence-corrected chi connectivity index (χ0v) is 14.5. The first kappa shape index (κ1) is 17.2. The van der Waals surface area contributed by atoms with Gasteiger partial charge in [-0.25, -0.2) is 4.79 Å². The molecule has 1 saturated heterocycles. The van der Waals surface area contributed by atoms with Crippen LogP contribution in [0.3, 0.4) is 0 Å². The van der Waals surface area contributed by atoms with Crippen molar-refractivity contribution in [2.45, 2.75) is 44.1 Å². The Morgan fingerprint density at radius 3 is 2.67 bits per heavy atom. The fourth-order valence-electron chi connectivity index (χ4n) is 3.76. The Balaban J connectivity index is 1.73. The van der Waals surface area contributed by atoms with Gasteiger partial charge in [-0.2, -0.15) is 0 Å². The molecule has 1 saturated carbocycles. The Morgan fingerprint density at radius 1 is 1.33 bits per heavy atom. The number of amides is 2. The smallest absolute Gasteiger partial charge is 0.317 e. The van der Waals surface area contributed by atoms with Crippen molar-refractivity contribution in [2.24, 2.45) is 0 Å². The number of hydrogen-bond acceptors (Lipinski definition) is 3. The Labute approximate surface area is 144 Å². The second-order valence-corrected chi connectivity index (χ2v) is 7.01. The van der Waals surface area contributed by atoms with Gasteiger partial charge in [0.2, 0.25) is 0 Å². The molecule has 24 heavy (non-hydrogen) atoms. The summed E-state index contributed by atoms with van der Waals surface area (Å²) in [5.41, 5.74) is 2.52. The fourth-order valence-corrected chi connectivity index (χ4v) is 3.76. The minimum Gasteiger partial charge on any atom is -0.395 e. The maximum Gasteiger partial charge on any atom is 0.317 e. The summed E-state index contributed by atoms with van der Waals surface area (Å²) in [5, 5.41) is 12.4. The van der Waals surface area contributed by atoms with Gasteiger partial charge in [-0.05, 0) is 43.7 Å². The predicted molar refractivity (Wildman–Crippen MR) is 93.1 cm³/mol. The first-order valence-corrected chi connectivity index (χ1v) is 8.95. The summed E-state index contributed by atoms with van der Waals surface area (Å²) in [6.07, 6.45) is 3.93. The molecule has 0 spiro atoms. The van der Waals surface area contributed by atoms with E-state index >= 15 is 0 Å². The predicted octanol–water partition coefficient (Wildman–Crippen LogP) is 2.21. The molecule has 2 amide bonds. The number of nitrogens with one attached hydrogen (secondary N) is 1. The number of rotatable bonds is 6. The molecule has 3 rings (SSSR count). The van der Waals surface area contributed by atoms with Gasteiger partial charge < -0.3 is 20.1 Å². The number of hydrogen-bond donors (Lipinski definition) is 2. The maximum absolute atomic E-state index is 12.6. The molecule has 5 nitrogen and oxygen atoms in total. The third-order valence-corrected chi connectivity index (χ3v) is 5.33. The molecule has 2 fully saturated rings. The molecule has 0 aromatic heterocycles. The highest BCUT2D eigenvalue weighted by atomic mass is 16.5. The van der Waals surface area contributed by atoms with Crippen LogP contribution in [-0.2, 0) is 10.2 Å². The van der Waals surface area contributed by atoms with E-state index in [9.17, 15) is 9.90 Å². The van der Waals surface area contributed by atoms with E-state index in [1.54, 1.807) is 4.90 Å².